The van der Waals surface area contributed by atoms with E-state index < -0.39 is 5.97 Å². The summed E-state index contributed by atoms with van der Waals surface area (Å²) in [5.41, 5.74) is 3.75. The third-order valence-corrected chi connectivity index (χ3v) is 4.76. The molecule has 0 bridgehead atoms. The van der Waals surface area contributed by atoms with Gasteiger partial charge in [-0.3, -0.25) is 9.97 Å². The Morgan fingerprint density at radius 1 is 1.21 bits per heavy atom. The highest BCUT2D eigenvalue weighted by molar-refractivity contribution is 7.17. The Balaban J connectivity index is 1.82. The number of hydrogen-bond acceptors (Lipinski definition) is 5. The predicted molar refractivity (Wildman–Crippen MR) is 95.6 cm³/mol. The van der Waals surface area contributed by atoms with Crippen LogP contribution in [0.2, 0.25) is 0 Å². The number of nitrogens with zero attached hydrogens (tertiary/aromatic N) is 3. The minimum absolute atomic E-state index is 0.320. The van der Waals surface area contributed by atoms with Crippen molar-refractivity contribution in [3.63, 3.8) is 0 Å². The van der Waals surface area contributed by atoms with Crippen molar-refractivity contribution in [2.24, 2.45) is 0 Å². The maximum atomic E-state index is 11.0. The number of thiophene rings is 1. The van der Waals surface area contributed by atoms with Gasteiger partial charge in [-0.25, -0.2) is 4.79 Å². The van der Waals surface area contributed by atoms with E-state index in [2.05, 4.69) is 14.9 Å². The molecule has 0 spiro atoms. The average molecular weight is 339 g/mol. The van der Waals surface area contributed by atoms with Gasteiger partial charge in [-0.15, -0.1) is 11.3 Å². The maximum absolute atomic E-state index is 11.0. The van der Waals surface area contributed by atoms with Gasteiger partial charge in [-0.05, 0) is 43.3 Å². The number of pyridine rings is 2. The zero-order chi connectivity index (χ0) is 17.1. The maximum Gasteiger partial charge on any atom is 0.345 e. The first kappa shape index (κ1) is 16.1. The Bertz CT molecular complexity index is 876. The van der Waals surface area contributed by atoms with Crippen LogP contribution in [0.1, 0.15) is 21.1 Å². The molecule has 0 radical (unpaired) electrons. The Morgan fingerprint density at radius 2 is 2.04 bits per heavy atom. The van der Waals surface area contributed by atoms with Crippen LogP contribution in [0.5, 0.6) is 0 Å². The summed E-state index contributed by atoms with van der Waals surface area (Å²) in [6, 6.07) is 13.2. The van der Waals surface area contributed by atoms with Gasteiger partial charge in [0.1, 0.15) is 4.88 Å². The lowest BCUT2D eigenvalue weighted by Gasteiger charge is -2.20. The molecule has 0 aliphatic heterocycles. The molecule has 0 fully saturated rings. The van der Waals surface area contributed by atoms with Crippen molar-refractivity contribution in [2.45, 2.75) is 13.5 Å². The van der Waals surface area contributed by atoms with Crippen LogP contribution in [-0.2, 0) is 6.54 Å². The van der Waals surface area contributed by atoms with Gasteiger partial charge in [0.05, 0.1) is 34.2 Å². The summed E-state index contributed by atoms with van der Waals surface area (Å²) in [5.74, 6) is -0.908. The fourth-order valence-corrected chi connectivity index (χ4v) is 3.32. The summed E-state index contributed by atoms with van der Waals surface area (Å²) < 4.78 is 0. The zero-order valence-corrected chi connectivity index (χ0v) is 14.2. The molecule has 122 valence electrons. The van der Waals surface area contributed by atoms with Gasteiger partial charge in [0.25, 0.3) is 0 Å². The fraction of sp³-hybridized carbons (Fsp3) is 0.167. The molecule has 3 heterocycles. The van der Waals surface area contributed by atoms with Gasteiger partial charge in [0.2, 0.25) is 0 Å². The van der Waals surface area contributed by atoms with E-state index in [9.17, 15) is 4.79 Å². The minimum atomic E-state index is -0.908. The van der Waals surface area contributed by atoms with Crippen molar-refractivity contribution < 1.29 is 9.90 Å². The first-order chi connectivity index (χ1) is 11.5. The van der Waals surface area contributed by atoms with Crippen LogP contribution in [0.25, 0.3) is 10.6 Å². The summed E-state index contributed by atoms with van der Waals surface area (Å²) >= 11 is 1.23. The molecule has 0 aromatic carbocycles. The third kappa shape index (κ3) is 3.44. The van der Waals surface area contributed by atoms with Crippen LogP contribution >= 0.6 is 11.3 Å². The summed E-state index contributed by atoms with van der Waals surface area (Å²) in [6.45, 7) is 2.63. The minimum Gasteiger partial charge on any atom is -0.477 e. The number of carboxylic acids is 1. The van der Waals surface area contributed by atoms with Crippen molar-refractivity contribution in [3.05, 3.63) is 64.9 Å². The molecule has 0 unspecified atom stereocenters. The normalized spacial score (nSPS) is 10.6. The number of carbonyl (C=O) groups is 1. The highest BCUT2D eigenvalue weighted by Crippen LogP contribution is 2.27. The monoisotopic (exact) mass is 339 g/mol. The van der Waals surface area contributed by atoms with E-state index >= 15 is 0 Å². The highest BCUT2D eigenvalue weighted by atomic mass is 32.1. The molecule has 6 heteroatoms. The molecule has 0 saturated carbocycles. The van der Waals surface area contributed by atoms with E-state index in [4.69, 9.17) is 5.11 Å². The van der Waals surface area contributed by atoms with Gasteiger partial charge in [0.15, 0.2) is 0 Å². The van der Waals surface area contributed by atoms with Crippen LogP contribution in [0.4, 0.5) is 5.69 Å². The van der Waals surface area contributed by atoms with Crippen LogP contribution in [0.15, 0.2) is 48.7 Å². The van der Waals surface area contributed by atoms with E-state index in [1.54, 1.807) is 18.3 Å². The molecule has 24 heavy (non-hydrogen) atoms. The van der Waals surface area contributed by atoms with Crippen molar-refractivity contribution in [1.29, 1.82) is 0 Å². The van der Waals surface area contributed by atoms with Gasteiger partial charge >= 0.3 is 5.97 Å². The summed E-state index contributed by atoms with van der Waals surface area (Å²) in [5, 5.41) is 9.05. The van der Waals surface area contributed by atoms with Gasteiger partial charge < -0.3 is 10.0 Å². The molecule has 3 rings (SSSR count). The second-order valence-corrected chi connectivity index (χ2v) is 6.53. The van der Waals surface area contributed by atoms with Crippen LogP contribution in [0, 0.1) is 6.92 Å². The van der Waals surface area contributed by atoms with E-state index in [0.29, 0.717) is 11.4 Å². The molecule has 0 saturated heterocycles. The molecule has 3 aromatic rings. The lowest BCUT2D eigenvalue weighted by molar-refractivity contribution is 0.0702. The Labute approximate surface area is 144 Å². The zero-order valence-electron chi connectivity index (χ0n) is 13.4. The third-order valence-electron chi connectivity index (χ3n) is 3.67. The summed E-state index contributed by atoms with van der Waals surface area (Å²) in [6.07, 6.45) is 1.78. The number of carboxylic acid groups (broad SMARTS) is 1. The first-order valence-corrected chi connectivity index (χ1v) is 8.28. The quantitative estimate of drug-likeness (QED) is 0.765. The summed E-state index contributed by atoms with van der Waals surface area (Å²) in [4.78, 5) is 23.3. The van der Waals surface area contributed by atoms with E-state index in [0.717, 1.165) is 27.6 Å². The molecule has 5 nitrogen and oxygen atoms in total. The molecule has 0 aliphatic carbocycles. The lowest BCUT2D eigenvalue weighted by atomic mass is 10.2. The number of hydrogen-bond donors (Lipinski definition) is 1. The van der Waals surface area contributed by atoms with Crippen LogP contribution in [-0.4, -0.2) is 28.1 Å². The van der Waals surface area contributed by atoms with E-state index in [1.165, 1.54) is 11.3 Å². The Hall–Kier alpha value is -2.73. The number of rotatable bonds is 5. The summed E-state index contributed by atoms with van der Waals surface area (Å²) in [7, 11) is 2.01. The SMILES string of the molecule is Cc1ncccc1N(C)Cc1cccc(-c2ccc(C(=O)O)s2)n1. The molecule has 3 aromatic heterocycles. The topological polar surface area (TPSA) is 66.3 Å². The average Bonchev–Trinajstić information content (AvgIpc) is 3.06. The highest BCUT2D eigenvalue weighted by Gasteiger charge is 2.11. The van der Waals surface area contributed by atoms with Gasteiger partial charge in [0, 0.05) is 13.2 Å². The second-order valence-electron chi connectivity index (χ2n) is 5.45. The van der Waals surface area contributed by atoms with Gasteiger partial charge in [-0.1, -0.05) is 6.07 Å². The number of aromatic carboxylic acids is 1. The smallest absolute Gasteiger partial charge is 0.345 e. The lowest BCUT2D eigenvalue weighted by Crippen LogP contribution is -2.18. The Morgan fingerprint density at radius 3 is 2.75 bits per heavy atom. The van der Waals surface area contributed by atoms with Crippen LogP contribution < -0.4 is 4.90 Å². The van der Waals surface area contributed by atoms with E-state index in [-0.39, 0.29) is 0 Å². The van der Waals surface area contributed by atoms with Crippen molar-refractivity contribution in [1.82, 2.24) is 9.97 Å². The molecule has 0 amide bonds. The van der Waals surface area contributed by atoms with Crippen LogP contribution in [0.3, 0.4) is 0 Å². The van der Waals surface area contributed by atoms with E-state index in [1.807, 2.05) is 44.3 Å². The molecule has 0 atom stereocenters. The first-order valence-electron chi connectivity index (χ1n) is 7.47. The predicted octanol–water partition coefficient (Wildman–Crippen LogP) is 3.85. The van der Waals surface area contributed by atoms with Crippen molar-refractivity contribution in [2.75, 3.05) is 11.9 Å². The molecular weight excluding hydrogens is 322 g/mol. The molecule has 0 aliphatic rings. The number of aromatic nitrogens is 2. The fourth-order valence-electron chi connectivity index (χ4n) is 2.50. The standard InChI is InChI=1S/C18H17N3O2S/c1-12-15(7-4-10-19-12)21(2)11-13-5-3-6-14(20-13)16-8-9-17(24-16)18(22)23/h3-10H,11H2,1-2H3,(H,22,23). The van der Waals surface area contributed by atoms with Gasteiger partial charge in [-0.2, -0.15) is 0 Å². The number of aryl methyl sites for hydroxylation is 1. The Kier molecular flexibility index (Phi) is 4.57. The second kappa shape index (κ2) is 6.80. The molecule has 1 N–H and O–H groups in total. The number of anilines is 1. The van der Waals surface area contributed by atoms with Crippen molar-refractivity contribution >= 4 is 23.0 Å². The van der Waals surface area contributed by atoms with Crippen molar-refractivity contribution in [3.8, 4) is 10.6 Å². The molecular formula is C18H17N3O2S. The largest absolute Gasteiger partial charge is 0.477 e.